The zero-order valence-electron chi connectivity index (χ0n) is 12.0. The van der Waals surface area contributed by atoms with E-state index >= 15 is 0 Å². The summed E-state index contributed by atoms with van der Waals surface area (Å²) in [5, 5.41) is 17.3. The maximum atomic E-state index is 12.1. The van der Waals surface area contributed by atoms with Crippen LogP contribution in [0.15, 0.2) is 28.9 Å². The Labute approximate surface area is 134 Å². The molecule has 2 aromatic heterocycles. The van der Waals surface area contributed by atoms with Crippen molar-refractivity contribution in [3.8, 4) is 0 Å². The van der Waals surface area contributed by atoms with Crippen molar-refractivity contribution in [2.75, 3.05) is 5.32 Å². The highest BCUT2D eigenvalue weighted by atomic mass is 79.9. The van der Waals surface area contributed by atoms with Gasteiger partial charge in [-0.15, -0.1) is 0 Å². The van der Waals surface area contributed by atoms with Crippen molar-refractivity contribution in [1.82, 2.24) is 14.8 Å². The van der Waals surface area contributed by atoms with Gasteiger partial charge in [-0.25, -0.2) is 4.98 Å². The first kappa shape index (κ1) is 16.1. The van der Waals surface area contributed by atoms with E-state index < -0.39 is 10.8 Å². The molecule has 9 heteroatoms. The second-order valence-corrected chi connectivity index (χ2v) is 5.75. The lowest BCUT2D eigenvalue weighted by Crippen LogP contribution is -2.25. The molecule has 0 aromatic carbocycles. The van der Waals surface area contributed by atoms with Crippen molar-refractivity contribution in [2.24, 2.45) is 5.92 Å². The van der Waals surface area contributed by atoms with Crippen LogP contribution in [0.1, 0.15) is 12.6 Å². The largest absolute Gasteiger partial charge is 0.390 e. The number of carbonyl (C=O) groups is 1. The molecule has 0 saturated heterocycles. The van der Waals surface area contributed by atoms with E-state index in [1.54, 1.807) is 32.2 Å². The van der Waals surface area contributed by atoms with E-state index in [4.69, 9.17) is 0 Å². The molecule has 1 atom stereocenters. The van der Waals surface area contributed by atoms with E-state index in [0.29, 0.717) is 11.5 Å². The monoisotopic (exact) mass is 367 g/mol. The Morgan fingerprint density at radius 1 is 1.55 bits per heavy atom. The Balaban J connectivity index is 2.02. The minimum Gasteiger partial charge on any atom is -0.358 e. The molecule has 0 aliphatic carbocycles. The van der Waals surface area contributed by atoms with E-state index in [2.05, 4.69) is 31.3 Å². The van der Waals surface area contributed by atoms with Crippen molar-refractivity contribution in [3.63, 3.8) is 0 Å². The molecule has 0 fully saturated rings. The topological polar surface area (TPSA) is 103 Å². The summed E-state index contributed by atoms with van der Waals surface area (Å²) in [5.74, 6) is -0.418. The van der Waals surface area contributed by atoms with Gasteiger partial charge in [0.1, 0.15) is 5.82 Å². The van der Waals surface area contributed by atoms with E-state index in [1.807, 2.05) is 0 Å². The molecule has 0 radical (unpaired) electrons. The summed E-state index contributed by atoms with van der Waals surface area (Å²) in [6.45, 7) is 3.68. The number of carbonyl (C=O) groups excluding carboxylic acids is 1. The van der Waals surface area contributed by atoms with Crippen LogP contribution in [-0.4, -0.2) is 25.6 Å². The maximum Gasteiger partial charge on any atom is 0.390 e. The summed E-state index contributed by atoms with van der Waals surface area (Å²) in [5.41, 5.74) is 0.633. The molecule has 1 N–H and O–H groups in total. The van der Waals surface area contributed by atoms with Crippen LogP contribution >= 0.6 is 15.9 Å². The number of amides is 1. The predicted octanol–water partition coefficient (Wildman–Crippen LogP) is 2.53. The summed E-state index contributed by atoms with van der Waals surface area (Å²) in [6.07, 6.45) is 1.58. The molecule has 0 aliphatic rings. The molecule has 116 valence electrons. The van der Waals surface area contributed by atoms with E-state index in [9.17, 15) is 14.9 Å². The van der Waals surface area contributed by atoms with Crippen LogP contribution in [0, 0.1) is 23.0 Å². The fraction of sp³-hybridized carbons (Fsp3) is 0.308. The SMILES string of the molecule is Cc1cc([N+](=O)[O-])nn1CC(C)C(=O)Nc1ccc(Br)cn1. The lowest BCUT2D eigenvalue weighted by atomic mass is 10.1. The van der Waals surface area contributed by atoms with E-state index in [0.717, 1.165) is 4.47 Å². The number of rotatable bonds is 5. The first-order valence-electron chi connectivity index (χ1n) is 6.48. The Hall–Kier alpha value is -2.29. The van der Waals surface area contributed by atoms with Gasteiger partial charge in [0.2, 0.25) is 5.91 Å². The van der Waals surface area contributed by atoms with Gasteiger partial charge < -0.3 is 15.4 Å². The Morgan fingerprint density at radius 3 is 2.82 bits per heavy atom. The van der Waals surface area contributed by atoms with Crippen molar-refractivity contribution in [2.45, 2.75) is 20.4 Å². The Bertz CT molecular complexity index is 698. The van der Waals surface area contributed by atoms with Gasteiger partial charge in [-0.3, -0.25) is 4.79 Å². The number of aromatic nitrogens is 3. The number of nitro groups is 1. The molecule has 2 heterocycles. The third kappa shape index (κ3) is 3.88. The summed E-state index contributed by atoms with van der Waals surface area (Å²) < 4.78 is 2.27. The minimum atomic E-state index is -0.556. The number of aryl methyl sites for hydroxylation is 1. The van der Waals surface area contributed by atoms with E-state index in [-0.39, 0.29) is 18.3 Å². The van der Waals surface area contributed by atoms with Gasteiger partial charge in [0.05, 0.1) is 29.3 Å². The maximum absolute atomic E-state index is 12.1. The van der Waals surface area contributed by atoms with Crippen LogP contribution in [0.5, 0.6) is 0 Å². The van der Waals surface area contributed by atoms with Crippen LogP contribution in [0.25, 0.3) is 0 Å². The molecule has 0 saturated carbocycles. The van der Waals surface area contributed by atoms with Crippen molar-refractivity contribution in [3.05, 3.63) is 44.7 Å². The van der Waals surface area contributed by atoms with Crippen molar-refractivity contribution < 1.29 is 9.72 Å². The quantitative estimate of drug-likeness (QED) is 0.645. The number of pyridine rings is 1. The molecule has 0 bridgehead atoms. The summed E-state index contributed by atoms with van der Waals surface area (Å²) in [7, 11) is 0. The first-order valence-corrected chi connectivity index (χ1v) is 7.27. The number of hydrogen-bond donors (Lipinski definition) is 1. The molecule has 0 aliphatic heterocycles. The zero-order valence-corrected chi connectivity index (χ0v) is 13.6. The highest BCUT2D eigenvalue weighted by molar-refractivity contribution is 9.10. The van der Waals surface area contributed by atoms with E-state index in [1.165, 1.54) is 10.7 Å². The molecular weight excluding hydrogens is 354 g/mol. The van der Waals surface area contributed by atoms with Gasteiger partial charge in [-0.05, 0) is 39.9 Å². The molecule has 1 amide bonds. The van der Waals surface area contributed by atoms with Crippen molar-refractivity contribution >= 4 is 33.5 Å². The van der Waals surface area contributed by atoms with Crippen LogP contribution in [-0.2, 0) is 11.3 Å². The third-order valence-corrected chi connectivity index (χ3v) is 3.50. The van der Waals surface area contributed by atoms with Crippen molar-refractivity contribution in [1.29, 1.82) is 0 Å². The lowest BCUT2D eigenvalue weighted by molar-refractivity contribution is -0.389. The normalized spacial score (nSPS) is 12.0. The molecule has 1 unspecified atom stereocenters. The molecule has 2 aromatic rings. The molecule has 2 rings (SSSR count). The van der Waals surface area contributed by atoms with Gasteiger partial charge in [-0.1, -0.05) is 6.92 Å². The number of halogens is 1. The second kappa shape index (κ2) is 6.65. The van der Waals surface area contributed by atoms with Gasteiger partial charge in [0.25, 0.3) is 0 Å². The molecule has 0 spiro atoms. The Kier molecular flexibility index (Phi) is 4.86. The summed E-state index contributed by atoms with van der Waals surface area (Å²) in [4.78, 5) is 26.3. The minimum absolute atomic E-state index is 0.223. The summed E-state index contributed by atoms with van der Waals surface area (Å²) in [6, 6.07) is 4.83. The van der Waals surface area contributed by atoms with Gasteiger partial charge in [-0.2, -0.15) is 4.68 Å². The standard InChI is InChI=1S/C13H14BrN5O3/c1-8(7-18-9(2)5-12(17-18)19(21)22)13(20)16-11-4-3-10(14)6-15-11/h3-6,8H,7H2,1-2H3,(H,15,16,20). The summed E-state index contributed by atoms with van der Waals surface area (Å²) >= 11 is 3.26. The second-order valence-electron chi connectivity index (χ2n) is 4.84. The molecule has 8 nitrogen and oxygen atoms in total. The zero-order chi connectivity index (χ0) is 16.3. The average molecular weight is 368 g/mol. The lowest BCUT2D eigenvalue weighted by Gasteiger charge is -2.11. The van der Waals surface area contributed by atoms with Crippen LogP contribution in [0.4, 0.5) is 11.6 Å². The van der Waals surface area contributed by atoms with Crippen LogP contribution in [0.2, 0.25) is 0 Å². The Morgan fingerprint density at radius 2 is 2.27 bits per heavy atom. The van der Waals surface area contributed by atoms with Crippen LogP contribution < -0.4 is 5.32 Å². The van der Waals surface area contributed by atoms with Gasteiger partial charge >= 0.3 is 5.82 Å². The average Bonchev–Trinajstić information content (AvgIpc) is 2.83. The first-order chi connectivity index (χ1) is 10.4. The van der Waals surface area contributed by atoms with Crippen LogP contribution in [0.3, 0.4) is 0 Å². The highest BCUT2D eigenvalue weighted by Gasteiger charge is 2.20. The highest BCUT2D eigenvalue weighted by Crippen LogP contribution is 2.15. The number of hydrogen-bond acceptors (Lipinski definition) is 5. The molecule has 22 heavy (non-hydrogen) atoms. The fourth-order valence-electron chi connectivity index (χ4n) is 1.81. The number of nitrogens with zero attached hydrogens (tertiary/aromatic N) is 4. The number of anilines is 1. The smallest absolute Gasteiger partial charge is 0.358 e. The molecular formula is C13H14BrN5O3. The fourth-order valence-corrected chi connectivity index (χ4v) is 2.04. The number of nitrogens with one attached hydrogen (secondary N) is 1. The third-order valence-electron chi connectivity index (χ3n) is 3.03. The van der Waals surface area contributed by atoms with Gasteiger partial charge in [0.15, 0.2) is 0 Å². The van der Waals surface area contributed by atoms with Gasteiger partial charge in [0, 0.05) is 10.7 Å². The predicted molar refractivity (Wildman–Crippen MR) is 83.3 cm³/mol.